The number of halogens is 2. The summed E-state index contributed by atoms with van der Waals surface area (Å²) in [5, 5.41) is 11.8. The van der Waals surface area contributed by atoms with Gasteiger partial charge in [0.2, 0.25) is 0 Å². The molecule has 1 aliphatic heterocycles. The van der Waals surface area contributed by atoms with Gasteiger partial charge in [-0.3, -0.25) is 4.57 Å². The summed E-state index contributed by atoms with van der Waals surface area (Å²) in [5.41, 5.74) is 1.82. The molecule has 0 unspecified atom stereocenters. The number of nitrogens with one attached hydrogen (secondary N) is 1. The Labute approximate surface area is 125 Å². The Morgan fingerprint density at radius 3 is 2.75 bits per heavy atom. The molecule has 0 atom stereocenters. The quantitative estimate of drug-likeness (QED) is 0.862. The maximum absolute atomic E-state index is 14.3. The third kappa shape index (κ3) is 1.70. The zero-order valence-corrected chi connectivity index (χ0v) is 13.5. The van der Waals surface area contributed by atoms with Gasteiger partial charge in [-0.15, -0.1) is 10.2 Å². The zero-order chi connectivity index (χ0) is 14.7. The number of hydrogen-bond donors (Lipinski definition) is 1. The van der Waals surface area contributed by atoms with E-state index in [9.17, 15) is 4.39 Å². The lowest BCUT2D eigenvalue weighted by atomic mass is 9.98. The van der Waals surface area contributed by atoms with E-state index in [0.29, 0.717) is 5.69 Å². The highest BCUT2D eigenvalue weighted by Crippen LogP contribution is 2.42. The molecular weight excluding hydrogens is 323 g/mol. The van der Waals surface area contributed by atoms with Crippen LogP contribution in [0.1, 0.15) is 38.0 Å². The lowest BCUT2D eigenvalue weighted by Gasteiger charge is -2.35. The Morgan fingerprint density at radius 2 is 2.10 bits per heavy atom. The fraction of sp³-hybridized carbons (Fsp3) is 0.429. The van der Waals surface area contributed by atoms with Crippen molar-refractivity contribution in [2.75, 3.05) is 5.32 Å². The second-order valence-corrected chi connectivity index (χ2v) is 6.42. The first-order valence-corrected chi connectivity index (χ1v) is 7.38. The van der Waals surface area contributed by atoms with Crippen molar-refractivity contribution in [1.29, 1.82) is 0 Å². The third-order valence-corrected chi connectivity index (χ3v) is 4.53. The molecule has 0 saturated heterocycles. The molecule has 106 valence electrons. The molecule has 2 aromatic rings. The van der Waals surface area contributed by atoms with Gasteiger partial charge in [0, 0.05) is 10.9 Å². The number of anilines is 1. The first-order chi connectivity index (χ1) is 9.36. The van der Waals surface area contributed by atoms with Gasteiger partial charge in [-0.05, 0) is 32.4 Å². The molecule has 1 aromatic heterocycles. The molecule has 1 aliphatic rings. The second kappa shape index (κ2) is 4.28. The molecule has 4 nitrogen and oxygen atoms in total. The normalized spacial score (nSPS) is 15.5. The van der Waals surface area contributed by atoms with Gasteiger partial charge in [-0.1, -0.05) is 22.9 Å². The minimum atomic E-state index is -0.464. The van der Waals surface area contributed by atoms with Crippen LogP contribution in [0.2, 0.25) is 0 Å². The number of hydrogen-bond acceptors (Lipinski definition) is 3. The van der Waals surface area contributed by atoms with Crippen molar-refractivity contribution in [3.8, 4) is 5.69 Å². The summed E-state index contributed by atoms with van der Waals surface area (Å²) in [7, 11) is 0. The summed E-state index contributed by atoms with van der Waals surface area (Å²) in [5.74, 6) is 1.38. The molecule has 0 bridgehead atoms. The SMILES string of the molecule is CCc1nnc2n1-c1c(C)c(Br)cc(F)c1NC2(C)C. The van der Waals surface area contributed by atoms with Crippen molar-refractivity contribution in [3.05, 3.63) is 33.6 Å². The summed E-state index contributed by atoms with van der Waals surface area (Å²) in [6.45, 7) is 7.95. The molecule has 0 saturated carbocycles. The van der Waals surface area contributed by atoms with Crippen LogP contribution in [-0.4, -0.2) is 14.8 Å². The topological polar surface area (TPSA) is 42.7 Å². The average molecular weight is 339 g/mol. The number of nitrogens with zero attached hydrogens (tertiary/aromatic N) is 3. The summed E-state index contributed by atoms with van der Waals surface area (Å²) in [6, 6.07) is 1.50. The van der Waals surface area contributed by atoms with E-state index in [1.807, 2.05) is 32.3 Å². The van der Waals surface area contributed by atoms with Gasteiger partial charge in [0.15, 0.2) is 5.82 Å². The molecule has 1 N–H and O–H groups in total. The summed E-state index contributed by atoms with van der Waals surface area (Å²) in [6.07, 6.45) is 0.746. The van der Waals surface area contributed by atoms with Crippen molar-refractivity contribution in [2.45, 2.75) is 39.7 Å². The smallest absolute Gasteiger partial charge is 0.162 e. The van der Waals surface area contributed by atoms with Crippen LogP contribution in [0.4, 0.5) is 10.1 Å². The molecule has 0 aliphatic carbocycles. The van der Waals surface area contributed by atoms with E-state index in [0.717, 1.165) is 33.8 Å². The molecular formula is C14H16BrFN4. The van der Waals surface area contributed by atoms with Crippen LogP contribution in [0.25, 0.3) is 5.69 Å². The lowest BCUT2D eigenvalue weighted by molar-refractivity contribution is 0.520. The van der Waals surface area contributed by atoms with Crippen LogP contribution in [0.15, 0.2) is 10.5 Å². The fourth-order valence-corrected chi connectivity index (χ4v) is 3.05. The maximum Gasteiger partial charge on any atom is 0.162 e. The van der Waals surface area contributed by atoms with Gasteiger partial charge >= 0.3 is 0 Å². The summed E-state index contributed by atoms with van der Waals surface area (Å²) < 4.78 is 17.1. The number of rotatable bonds is 1. The maximum atomic E-state index is 14.3. The highest BCUT2D eigenvalue weighted by atomic mass is 79.9. The van der Waals surface area contributed by atoms with Gasteiger partial charge in [0.25, 0.3) is 0 Å². The van der Waals surface area contributed by atoms with Crippen molar-refractivity contribution < 1.29 is 4.39 Å². The van der Waals surface area contributed by atoms with Crippen molar-refractivity contribution in [3.63, 3.8) is 0 Å². The van der Waals surface area contributed by atoms with Gasteiger partial charge in [0.05, 0.1) is 16.9 Å². The number of fused-ring (bicyclic) bond motifs is 3. The largest absolute Gasteiger partial charge is 0.369 e. The Bertz CT molecular complexity index is 706. The van der Waals surface area contributed by atoms with E-state index in [1.165, 1.54) is 6.07 Å². The Kier molecular flexibility index (Phi) is 2.90. The highest BCUT2D eigenvalue weighted by molar-refractivity contribution is 9.10. The van der Waals surface area contributed by atoms with E-state index >= 15 is 0 Å². The van der Waals surface area contributed by atoms with Crippen LogP contribution in [-0.2, 0) is 12.0 Å². The molecule has 3 rings (SSSR count). The van der Waals surface area contributed by atoms with E-state index in [2.05, 4.69) is 31.4 Å². The van der Waals surface area contributed by atoms with Crippen LogP contribution in [0, 0.1) is 12.7 Å². The Morgan fingerprint density at radius 1 is 1.40 bits per heavy atom. The molecule has 0 spiro atoms. The molecule has 1 aromatic carbocycles. The molecule has 2 heterocycles. The molecule has 0 amide bonds. The van der Waals surface area contributed by atoms with Crippen LogP contribution < -0.4 is 5.32 Å². The van der Waals surface area contributed by atoms with E-state index in [4.69, 9.17) is 0 Å². The van der Waals surface area contributed by atoms with Gasteiger partial charge in [-0.25, -0.2) is 4.39 Å². The fourth-order valence-electron chi connectivity index (χ4n) is 2.66. The first kappa shape index (κ1) is 13.5. The predicted octanol–water partition coefficient (Wildman–Crippen LogP) is 3.70. The van der Waals surface area contributed by atoms with E-state index in [1.54, 1.807) is 0 Å². The lowest BCUT2D eigenvalue weighted by Crippen LogP contribution is -2.37. The van der Waals surface area contributed by atoms with Crippen LogP contribution in [0.5, 0.6) is 0 Å². The minimum Gasteiger partial charge on any atom is -0.369 e. The van der Waals surface area contributed by atoms with Gasteiger partial charge in [-0.2, -0.15) is 0 Å². The monoisotopic (exact) mass is 338 g/mol. The molecule has 6 heteroatoms. The average Bonchev–Trinajstić information content (AvgIpc) is 2.80. The number of benzene rings is 1. The zero-order valence-electron chi connectivity index (χ0n) is 11.9. The molecule has 20 heavy (non-hydrogen) atoms. The number of aromatic nitrogens is 3. The first-order valence-electron chi connectivity index (χ1n) is 6.58. The van der Waals surface area contributed by atoms with Crippen LogP contribution >= 0.6 is 15.9 Å². The standard InChI is InChI=1S/C14H16BrFN4/c1-5-10-18-19-13-14(3,4)17-11-9(16)6-8(15)7(2)12(11)20(10)13/h6,17H,5H2,1-4H3. The Hall–Kier alpha value is -1.43. The highest BCUT2D eigenvalue weighted by Gasteiger charge is 2.37. The summed E-state index contributed by atoms with van der Waals surface area (Å²) in [4.78, 5) is 0. The molecule has 0 radical (unpaired) electrons. The van der Waals surface area contributed by atoms with Crippen molar-refractivity contribution in [1.82, 2.24) is 14.8 Å². The van der Waals surface area contributed by atoms with Gasteiger partial charge < -0.3 is 5.32 Å². The van der Waals surface area contributed by atoms with Crippen molar-refractivity contribution >= 4 is 21.6 Å². The second-order valence-electron chi connectivity index (χ2n) is 5.57. The molecule has 0 fully saturated rings. The van der Waals surface area contributed by atoms with Crippen LogP contribution in [0.3, 0.4) is 0 Å². The summed E-state index contributed by atoms with van der Waals surface area (Å²) >= 11 is 3.42. The number of aryl methyl sites for hydroxylation is 1. The minimum absolute atomic E-state index is 0.271. The third-order valence-electron chi connectivity index (χ3n) is 3.71. The Balaban J connectivity index is 2.43. The van der Waals surface area contributed by atoms with E-state index < -0.39 is 5.54 Å². The van der Waals surface area contributed by atoms with Crippen molar-refractivity contribution in [2.24, 2.45) is 0 Å². The van der Waals surface area contributed by atoms with E-state index in [-0.39, 0.29) is 5.82 Å². The predicted molar refractivity (Wildman–Crippen MR) is 79.8 cm³/mol. The van der Waals surface area contributed by atoms with Gasteiger partial charge in [0.1, 0.15) is 11.6 Å².